The van der Waals surface area contributed by atoms with Crippen LogP contribution in [0.15, 0.2) is 12.3 Å². The molecule has 0 spiro atoms. The summed E-state index contributed by atoms with van der Waals surface area (Å²) in [7, 11) is 1.89. The van der Waals surface area contributed by atoms with Gasteiger partial charge in [0.15, 0.2) is 5.78 Å². The van der Waals surface area contributed by atoms with Gasteiger partial charge in [-0.2, -0.15) is 5.10 Å². The van der Waals surface area contributed by atoms with Gasteiger partial charge in [0.05, 0.1) is 0 Å². The standard InChI is InChI=1S/C17H24N2O/c1-15-6-12-7-16(2,9-15)11-17(8-12,10-15)14(20)13-4-5-19(3)18-13/h4-5,12H,6-11H2,1-3H3. The Balaban J connectivity index is 1.75. The quantitative estimate of drug-likeness (QED) is 0.771. The monoisotopic (exact) mass is 272 g/mol. The summed E-state index contributed by atoms with van der Waals surface area (Å²) in [6, 6.07) is 1.89. The molecule has 4 saturated carbocycles. The summed E-state index contributed by atoms with van der Waals surface area (Å²) in [5.74, 6) is 1.08. The Hall–Kier alpha value is -1.12. The molecule has 4 bridgehead atoms. The number of Topliss-reactive ketones (excluding diaryl/α,β-unsaturated/α-hetero) is 1. The van der Waals surface area contributed by atoms with E-state index in [0.29, 0.717) is 22.3 Å². The predicted octanol–water partition coefficient (Wildman–Crippen LogP) is 3.60. The fourth-order valence-corrected chi connectivity index (χ4v) is 6.51. The van der Waals surface area contributed by atoms with E-state index in [9.17, 15) is 4.79 Å². The highest BCUT2D eigenvalue weighted by Crippen LogP contribution is 2.70. The van der Waals surface area contributed by atoms with Crippen LogP contribution in [-0.4, -0.2) is 15.6 Å². The van der Waals surface area contributed by atoms with E-state index >= 15 is 0 Å². The lowest BCUT2D eigenvalue weighted by Gasteiger charge is -2.64. The molecule has 4 aliphatic rings. The molecular formula is C17H24N2O. The Morgan fingerprint density at radius 3 is 2.35 bits per heavy atom. The summed E-state index contributed by atoms with van der Waals surface area (Å²) < 4.78 is 1.75. The number of aryl methyl sites for hydroxylation is 1. The number of aromatic nitrogens is 2. The van der Waals surface area contributed by atoms with E-state index in [-0.39, 0.29) is 5.41 Å². The van der Waals surface area contributed by atoms with Gasteiger partial charge in [0.2, 0.25) is 0 Å². The molecule has 0 aromatic carbocycles. The summed E-state index contributed by atoms with van der Waals surface area (Å²) in [5.41, 5.74) is 1.34. The van der Waals surface area contributed by atoms with Crippen molar-refractivity contribution in [2.75, 3.05) is 0 Å². The minimum atomic E-state index is -0.114. The van der Waals surface area contributed by atoms with Gasteiger partial charge in [-0.25, -0.2) is 0 Å². The molecule has 0 saturated heterocycles. The summed E-state index contributed by atoms with van der Waals surface area (Å²) in [6.45, 7) is 4.83. The Bertz CT molecular complexity index is 570. The van der Waals surface area contributed by atoms with Crippen molar-refractivity contribution in [1.29, 1.82) is 0 Å². The average molecular weight is 272 g/mol. The lowest BCUT2D eigenvalue weighted by atomic mass is 9.39. The molecule has 2 atom stereocenters. The van der Waals surface area contributed by atoms with Gasteiger partial charge < -0.3 is 0 Å². The van der Waals surface area contributed by atoms with Crippen molar-refractivity contribution in [2.24, 2.45) is 29.2 Å². The molecule has 0 radical (unpaired) electrons. The SMILES string of the molecule is Cn1ccc(C(=O)C23CC4CC(C)(CC(C)(C4)C2)C3)n1. The van der Waals surface area contributed by atoms with E-state index in [0.717, 1.165) is 25.2 Å². The molecule has 3 nitrogen and oxygen atoms in total. The first-order valence-electron chi connectivity index (χ1n) is 7.86. The lowest BCUT2D eigenvalue weighted by Crippen LogP contribution is -2.57. The zero-order chi connectivity index (χ0) is 14.2. The van der Waals surface area contributed by atoms with Gasteiger partial charge in [-0.05, 0) is 61.3 Å². The molecule has 5 rings (SSSR count). The van der Waals surface area contributed by atoms with Crippen molar-refractivity contribution in [3.63, 3.8) is 0 Å². The fourth-order valence-electron chi connectivity index (χ4n) is 6.51. The molecule has 1 aromatic rings. The zero-order valence-electron chi connectivity index (χ0n) is 12.8. The molecule has 4 fully saturated rings. The third-order valence-corrected chi connectivity index (χ3v) is 6.05. The Kier molecular flexibility index (Phi) is 2.24. The first-order valence-corrected chi connectivity index (χ1v) is 7.86. The molecule has 108 valence electrons. The van der Waals surface area contributed by atoms with E-state index < -0.39 is 0 Å². The molecule has 4 aliphatic carbocycles. The third-order valence-electron chi connectivity index (χ3n) is 6.05. The summed E-state index contributed by atoms with van der Waals surface area (Å²) >= 11 is 0. The van der Waals surface area contributed by atoms with E-state index in [1.807, 2.05) is 19.3 Å². The van der Waals surface area contributed by atoms with Crippen molar-refractivity contribution >= 4 is 5.78 Å². The Labute approximate surface area is 120 Å². The molecule has 0 aliphatic heterocycles. The summed E-state index contributed by atoms with van der Waals surface area (Å²) in [4.78, 5) is 13.1. The summed E-state index contributed by atoms with van der Waals surface area (Å²) in [5, 5.41) is 4.38. The number of carbonyl (C=O) groups is 1. The van der Waals surface area contributed by atoms with Gasteiger partial charge in [0.25, 0.3) is 0 Å². The minimum absolute atomic E-state index is 0.114. The van der Waals surface area contributed by atoms with Crippen molar-refractivity contribution < 1.29 is 4.79 Å². The second kappa shape index (κ2) is 3.55. The highest BCUT2D eigenvalue weighted by atomic mass is 16.1. The number of hydrogen-bond donors (Lipinski definition) is 0. The van der Waals surface area contributed by atoms with Crippen LogP contribution in [0.2, 0.25) is 0 Å². The zero-order valence-corrected chi connectivity index (χ0v) is 12.8. The van der Waals surface area contributed by atoms with Crippen LogP contribution in [0.25, 0.3) is 0 Å². The smallest absolute Gasteiger partial charge is 0.189 e. The minimum Gasteiger partial charge on any atom is -0.292 e. The van der Waals surface area contributed by atoms with Crippen LogP contribution in [0.3, 0.4) is 0 Å². The average Bonchev–Trinajstić information content (AvgIpc) is 2.69. The van der Waals surface area contributed by atoms with Gasteiger partial charge in [-0.15, -0.1) is 0 Å². The van der Waals surface area contributed by atoms with Gasteiger partial charge in [0.1, 0.15) is 5.69 Å². The van der Waals surface area contributed by atoms with Crippen LogP contribution >= 0.6 is 0 Å². The van der Waals surface area contributed by atoms with E-state index in [4.69, 9.17) is 0 Å². The number of hydrogen-bond acceptors (Lipinski definition) is 2. The van der Waals surface area contributed by atoms with Crippen LogP contribution < -0.4 is 0 Å². The topological polar surface area (TPSA) is 34.9 Å². The van der Waals surface area contributed by atoms with E-state index in [1.165, 1.54) is 19.3 Å². The molecule has 2 unspecified atom stereocenters. The van der Waals surface area contributed by atoms with Gasteiger partial charge >= 0.3 is 0 Å². The first kappa shape index (κ1) is 12.6. The second-order valence-electron chi connectivity index (χ2n) is 8.61. The van der Waals surface area contributed by atoms with Crippen LogP contribution in [0.1, 0.15) is 62.9 Å². The number of rotatable bonds is 2. The Morgan fingerprint density at radius 1 is 1.20 bits per heavy atom. The highest BCUT2D eigenvalue weighted by molar-refractivity contribution is 5.99. The maximum absolute atomic E-state index is 13.1. The molecule has 20 heavy (non-hydrogen) atoms. The van der Waals surface area contributed by atoms with Crippen molar-refractivity contribution in [3.8, 4) is 0 Å². The first-order chi connectivity index (χ1) is 9.32. The maximum atomic E-state index is 13.1. The van der Waals surface area contributed by atoms with Gasteiger partial charge in [-0.3, -0.25) is 9.48 Å². The Morgan fingerprint density at radius 2 is 1.85 bits per heavy atom. The largest absolute Gasteiger partial charge is 0.292 e. The van der Waals surface area contributed by atoms with E-state index in [1.54, 1.807) is 4.68 Å². The molecule has 1 aromatic heterocycles. The summed E-state index contributed by atoms with van der Waals surface area (Å²) in [6.07, 6.45) is 9.14. The fraction of sp³-hybridized carbons (Fsp3) is 0.765. The predicted molar refractivity (Wildman–Crippen MR) is 77.4 cm³/mol. The van der Waals surface area contributed by atoms with E-state index in [2.05, 4.69) is 18.9 Å². The second-order valence-corrected chi connectivity index (χ2v) is 8.61. The molecule has 0 N–H and O–H groups in total. The van der Waals surface area contributed by atoms with Crippen molar-refractivity contribution in [1.82, 2.24) is 9.78 Å². The molecule has 1 heterocycles. The maximum Gasteiger partial charge on any atom is 0.189 e. The molecular weight excluding hydrogens is 248 g/mol. The van der Waals surface area contributed by atoms with Crippen LogP contribution in [0.4, 0.5) is 0 Å². The highest BCUT2D eigenvalue weighted by Gasteiger charge is 2.62. The van der Waals surface area contributed by atoms with Crippen molar-refractivity contribution in [2.45, 2.75) is 52.4 Å². The van der Waals surface area contributed by atoms with Crippen LogP contribution in [0.5, 0.6) is 0 Å². The van der Waals surface area contributed by atoms with Crippen molar-refractivity contribution in [3.05, 3.63) is 18.0 Å². The number of carbonyl (C=O) groups excluding carboxylic acids is 1. The molecule has 3 heteroatoms. The normalized spacial score (nSPS) is 45.9. The van der Waals surface area contributed by atoms with Crippen LogP contribution in [-0.2, 0) is 7.05 Å². The number of nitrogens with zero attached hydrogens (tertiary/aromatic N) is 2. The number of ketones is 1. The van der Waals surface area contributed by atoms with Crippen LogP contribution in [0, 0.1) is 22.2 Å². The lowest BCUT2D eigenvalue weighted by molar-refractivity contribution is -0.125. The molecule has 0 amide bonds. The van der Waals surface area contributed by atoms with Gasteiger partial charge in [-0.1, -0.05) is 13.8 Å². The third kappa shape index (κ3) is 1.64. The van der Waals surface area contributed by atoms with Gasteiger partial charge in [0, 0.05) is 18.7 Å².